The van der Waals surface area contributed by atoms with Gasteiger partial charge in [-0.1, -0.05) is 71.1 Å². The van der Waals surface area contributed by atoms with Gasteiger partial charge in [0.05, 0.1) is 31.5 Å². The molecule has 4 aliphatic rings. The molecule has 17 nitrogen and oxygen atoms in total. The number of amides is 1. The number of fused-ring (bicyclic) bond motifs is 3. The van der Waals surface area contributed by atoms with Crippen molar-refractivity contribution in [1.29, 1.82) is 0 Å². The molecule has 0 aromatic heterocycles. The summed E-state index contributed by atoms with van der Waals surface area (Å²) in [5.74, 6) is -9.15. The lowest BCUT2D eigenvalue weighted by molar-refractivity contribution is -0.265. The van der Waals surface area contributed by atoms with E-state index in [9.17, 15) is 49.2 Å². The standard InChI is InChI=1S/C57H89NO16/c1-34-17-13-12-14-18-35(2)46(69-9)30-42-24-22-40(7)57(68,74-42)52(64)53(65)58-26-16-15-19-43(58)54(66)72-47(31-44(61)37(4)27-39(6)50(63)51(71-11)49(62)36(3)21-20-34)38(5)28-41-23-25-45(48(29-41)70-10)73-55(67)56(8,32-59)33-60/h12-14,17-18,27,34,36-38,40-43,45-48,50-51,59-60,63,68H,15-16,19-26,28-33H2,1-11H3/b14-12+,17-13+,35-18?,39-27+/t34-,36-,37-,38-,40-,41+,42+,43+,45-,46+,47+,48-,50-,51+,57-/m1/s1. The van der Waals surface area contributed by atoms with E-state index >= 15 is 0 Å². The normalized spacial score (nSPS) is 36.6. The minimum Gasteiger partial charge on any atom is -0.460 e. The SMILES string of the molecule is CO[C@H]1C[C@@H]2CC[C@@H](C)[C@@](O)(O2)C(=O)C(=O)N2CCCC[C@H]2C(=O)O[C@H]([C@H](C)C[C@@H]2CC[C@@H](OC(=O)C(C)(CO)CO)[C@H](OC)C2)CC(=O)[C@H](C)/C=C(\C)[C@@H](O)[C@@H](OC)C(=O)[C@H](C)CC[C@H](C)/C=C/C=C/C=C1C. The largest absolute Gasteiger partial charge is 0.460 e. The summed E-state index contributed by atoms with van der Waals surface area (Å²) < 4.78 is 35.5. The predicted molar refractivity (Wildman–Crippen MR) is 276 cm³/mol. The van der Waals surface area contributed by atoms with Gasteiger partial charge < -0.3 is 53.7 Å². The first-order valence-electron chi connectivity index (χ1n) is 26.9. The fraction of sp³-hybridized carbons (Fsp3) is 0.754. The molecule has 3 fully saturated rings. The molecular formula is C57H89NO16. The first-order valence-corrected chi connectivity index (χ1v) is 26.9. The van der Waals surface area contributed by atoms with Crippen molar-refractivity contribution < 1.29 is 77.6 Å². The molecule has 4 N–H and O–H groups in total. The molecule has 2 saturated heterocycles. The Morgan fingerprint density at radius 3 is 2.20 bits per heavy atom. The second-order valence-corrected chi connectivity index (χ2v) is 22.2. The van der Waals surface area contributed by atoms with Gasteiger partial charge in [0.2, 0.25) is 5.79 Å². The van der Waals surface area contributed by atoms with Gasteiger partial charge in [0.15, 0.2) is 5.78 Å². The molecule has 0 unspecified atom stereocenters. The third kappa shape index (κ3) is 16.3. The fourth-order valence-corrected chi connectivity index (χ4v) is 10.7. The highest BCUT2D eigenvalue weighted by molar-refractivity contribution is 6.39. The van der Waals surface area contributed by atoms with Gasteiger partial charge in [-0.3, -0.25) is 24.0 Å². The van der Waals surface area contributed by atoms with E-state index in [2.05, 4.69) is 6.92 Å². The third-order valence-corrected chi connectivity index (χ3v) is 16.2. The van der Waals surface area contributed by atoms with Crippen LogP contribution in [0.15, 0.2) is 47.6 Å². The van der Waals surface area contributed by atoms with Crippen LogP contribution >= 0.6 is 0 Å². The zero-order valence-electron chi connectivity index (χ0n) is 46.0. The highest BCUT2D eigenvalue weighted by Crippen LogP contribution is 2.38. The first-order chi connectivity index (χ1) is 35.0. The van der Waals surface area contributed by atoms with Gasteiger partial charge in [-0.15, -0.1) is 0 Å². The zero-order valence-corrected chi connectivity index (χ0v) is 46.0. The predicted octanol–water partition coefficient (Wildman–Crippen LogP) is 6.11. The number of methoxy groups -OCH3 is 3. The molecule has 1 saturated carbocycles. The number of carbonyl (C=O) groups excluding carboxylic acids is 6. The van der Waals surface area contributed by atoms with Gasteiger partial charge in [-0.25, -0.2) is 4.79 Å². The Labute approximate surface area is 439 Å². The number of aliphatic hydroxyl groups excluding tert-OH is 3. The van der Waals surface area contributed by atoms with Crippen LogP contribution in [0, 0.1) is 40.9 Å². The van der Waals surface area contributed by atoms with Crippen molar-refractivity contribution in [3.05, 3.63) is 47.6 Å². The molecule has 0 spiro atoms. The van der Waals surface area contributed by atoms with Crippen LogP contribution in [0.25, 0.3) is 0 Å². The van der Waals surface area contributed by atoms with Crippen molar-refractivity contribution in [2.75, 3.05) is 41.1 Å². The van der Waals surface area contributed by atoms with Crippen LogP contribution in [0.1, 0.15) is 139 Å². The Morgan fingerprint density at radius 1 is 0.851 bits per heavy atom. The van der Waals surface area contributed by atoms with Gasteiger partial charge in [-0.05, 0) is 120 Å². The first kappa shape index (κ1) is 62.6. The number of hydrogen-bond acceptors (Lipinski definition) is 16. The highest BCUT2D eigenvalue weighted by Gasteiger charge is 2.53. The van der Waals surface area contributed by atoms with Crippen molar-refractivity contribution in [2.24, 2.45) is 40.9 Å². The quantitative estimate of drug-likeness (QED) is 0.110. The summed E-state index contributed by atoms with van der Waals surface area (Å²) in [5.41, 5.74) is -0.256. The number of allylic oxidation sites excluding steroid dienone is 6. The summed E-state index contributed by atoms with van der Waals surface area (Å²) in [5, 5.41) is 43.1. The van der Waals surface area contributed by atoms with Gasteiger partial charge >= 0.3 is 11.9 Å². The van der Waals surface area contributed by atoms with Crippen molar-refractivity contribution in [2.45, 2.75) is 193 Å². The van der Waals surface area contributed by atoms with Crippen molar-refractivity contribution in [3.8, 4) is 0 Å². The van der Waals surface area contributed by atoms with E-state index in [0.29, 0.717) is 76.2 Å². The number of hydrogen-bond donors (Lipinski definition) is 4. The molecule has 74 heavy (non-hydrogen) atoms. The van der Waals surface area contributed by atoms with Crippen LogP contribution in [0.2, 0.25) is 0 Å². The lowest BCUT2D eigenvalue weighted by Gasteiger charge is -2.42. The molecule has 1 aliphatic carbocycles. The Hall–Kier alpha value is -3.94. The summed E-state index contributed by atoms with van der Waals surface area (Å²) in [6.07, 6.45) is 10.8. The molecule has 0 radical (unpaired) electrons. The number of rotatable bonds is 10. The van der Waals surface area contributed by atoms with E-state index in [4.69, 9.17) is 28.4 Å². The third-order valence-electron chi connectivity index (χ3n) is 16.2. The molecule has 3 heterocycles. The molecule has 15 atom stereocenters. The number of aliphatic hydroxyl groups is 4. The minimum absolute atomic E-state index is 0.0382. The average molecular weight is 1040 g/mol. The van der Waals surface area contributed by atoms with Gasteiger partial charge in [0, 0.05) is 58.5 Å². The van der Waals surface area contributed by atoms with E-state index in [1.807, 2.05) is 51.2 Å². The molecule has 17 heteroatoms. The molecule has 418 valence electrons. The Balaban J connectivity index is 1.69. The van der Waals surface area contributed by atoms with Crippen molar-refractivity contribution in [3.63, 3.8) is 0 Å². The highest BCUT2D eigenvalue weighted by atomic mass is 16.6. The number of piperidine rings is 1. The van der Waals surface area contributed by atoms with E-state index in [1.165, 1.54) is 21.1 Å². The maximum Gasteiger partial charge on any atom is 0.329 e. The summed E-state index contributed by atoms with van der Waals surface area (Å²) in [6.45, 7) is 12.9. The summed E-state index contributed by atoms with van der Waals surface area (Å²) >= 11 is 0. The Morgan fingerprint density at radius 2 is 1.55 bits per heavy atom. The number of ketones is 3. The molecule has 4 rings (SSSR count). The number of carbonyl (C=O) groups is 6. The van der Waals surface area contributed by atoms with Crippen molar-refractivity contribution in [1.82, 2.24) is 4.90 Å². The smallest absolute Gasteiger partial charge is 0.329 e. The Kier molecular flexibility index (Phi) is 24.5. The van der Waals surface area contributed by atoms with Gasteiger partial charge in [-0.2, -0.15) is 0 Å². The van der Waals surface area contributed by atoms with E-state index in [0.717, 1.165) is 10.5 Å². The summed E-state index contributed by atoms with van der Waals surface area (Å²) in [6, 6.07) is -1.20. The summed E-state index contributed by atoms with van der Waals surface area (Å²) in [4.78, 5) is 85.4. The van der Waals surface area contributed by atoms with Crippen LogP contribution in [-0.2, 0) is 57.2 Å². The zero-order chi connectivity index (χ0) is 55.1. The van der Waals surface area contributed by atoms with Crippen LogP contribution in [0.4, 0.5) is 0 Å². The van der Waals surface area contributed by atoms with Crippen LogP contribution in [0.5, 0.6) is 0 Å². The van der Waals surface area contributed by atoms with Crippen LogP contribution < -0.4 is 0 Å². The number of cyclic esters (lactones) is 1. The van der Waals surface area contributed by atoms with Crippen LogP contribution in [-0.4, -0.2) is 156 Å². The van der Waals surface area contributed by atoms with Crippen LogP contribution in [0.3, 0.4) is 0 Å². The number of nitrogens with zero attached hydrogens (tertiary/aromatic N) is 1. The second-order valence-electron chi connectivity index (χ2n) is 22.2. The molecule has 0 aromatic carbocycles. The molecule has 3 aliphatic heterocycles. The molecular weight excluding hydrogens is 955 g/mol. The fourth-order valence-electron chi connectivity index (χ4n) is 10.7. The maximum atomic E-state index is 14.6. The van der Waals surface area contributed by atoms with Gasteiger partial charge in [0.25, 0.3) is 11.7 Å². The molecule has 0 aromatic rings. The van der Waals surface area contributed by atoms with Crippen molar-refractivity contribution >= 4 is 35.2 Å². The number of esters is 2. The number of Topliss-reactive ketones (excluding diaryl/α,β-unsaturated/α-hetero) is 3. The average Bonchev–Trinajstić information content (AvgIpc) is 3.39. The lowest BCUT2D eigenvalue weighted by atomic mass is 9.78. The summed E-state index contributed by atoms with van der Waals surface area (Å²) in [7, 11) is 4.44. The maximum absolute atomic E-state index is 14.6. The monoisotopic (exact) mass is 1040 g/mol. The Bertz CT molecular complexity index is 2030. The topological polar surface area (TPSA) is 242 Å². The van der Waals surface area contributed by atoms with E-state index < -0.39 is 120 Å². The minimum atomic E-state index is -2.47. The van der Waals surface area contributed by atoms with E-state index in [-0.39, 0.29) is 42.8 Å². The molecule has 1 amide bonds. The lowest BCUT2D eigenvalue weighted by Crippen LogP contribution is -2.61. The number of ether oxygens (including phenoxy) is 6. The van der Waals surface area contributed by atoms with Gasteiger partial charge in [0.1, 0.15) is 41.7 Å². The molecule has 2 bridgehead atoms. The second kappa shape index (κ2) is 29.0. The van der Waals surface area contributed by atoms with E-state index in [1.54, 1.807) is 34.0 Å².